The van der Waals surface area contributed by atoms with Crippen LogP contribution < -0.4 is 0 Å². The summed E-state index contributed by atoms with van der Waals surface area (Å²) in [6.45, 7) is 1.28. The number of carbonyl (C=O) groups is 1. The number of nitrogens with zero attached hydrogens (tertiary/aromatic N) is 1. The van der Waals surface area contributed by atoms with Crippen molar-refractivity contribution in [2.75, 3.05) is 19.3 Å². The average molecular weight is 179 g/mol. The predicted molar refractivity (Wildman–Crippen MR) is 38.1 cm³/mol. The quantitative estimate of drug-likeness (QED) is 0.554. The molecule has 1 saturated heterocycles. The second-order valence-electron chi connectivity index (χ2n) is 2.56. The molecule has 1 heterocycles. The van der Waals surface area contributed by atoms with Gasteiger partial charge in [0.2, 0.25) is 5.91 Å². The molecule has 1 rings (SSSR count). The van der Waals surface area contributed by atoms with E-state index in [1.807, 2.05) is 0 Å². The van der Waals surface area contributed by atoms with Crippen molar-refractivity contribution in [3.63, 3.8) is 0 Å². The molecule has 0 aromatic carbocycles. The monoisotopic (exact) mass is 179 g/mol. The van der Waals surface area contributed by atoms with Crippen molar-refractivity contribution in [3.05, 3.63) is 0 Å². The van der Waals surface area contributed by atoms with E-state index in [-0.39, 0.29) is 0 Å². The average Bonchev–Trinajstić information content (AvgIpc) is 1.50. The Morgan fingerprint density at radius 3 is 2.27 bits per heavy atom. The molecule has 1 aliphatic rings. The molecule has 1 amide bonds. The molecule has 0 bridgehead atoms. The highest BCUT2D eigenvalue weighted by molar-refractivity contribution is 7.52. The number of likely N-dealkylation sites (tertiary alicyclic amines) is 1. The Morgan fingerprint density at radius 1 is 1.45 bits per heavy atom. The van der Waals surface area contributed by atoms with Gasteiger partial charge in [-0.2, -0.15) is 0 Å². The highest BCUT2D eigenvalue weighted by atomic mass is 31.2. The summed E-state index contributed by atoms with van der Waals surface area (Å²) in [5.41, 5.74) is 0. The minimum Gasteiger partial charge on any atom is -0.342 e. The molecule has 1 fully saturated rings. The van der Waals surface area contributed by atoms with Crippen molar-refractivity contribution in [3.8, 4) is 0 Å². The first kappa shape index (κ1) is 8.71. The summed E-state index contributed by atoms with van der Waals surface area (Å²) in [4.78, 5) is 29.2. The number of rotatable bonds is 2. The van der Waals surface area contributed by atoms with Gasteiger partial charge in [-0.3, -0.25) is 9.36 Å². The van der Waals surface area contributed by atoms with Gasteiger partial charge in [0, 0.05) is 13.1 Å². The summed E-state index contributed by atoms with van der Waals surface area (Å²) in [5, 5.41) is 0. The van der Waals surface area contributed by atoms with Gasteiger partial charge in [0.15, 0.2) is 0 Å². The van der Waals surface area contributed by atoms with Crippen LogP contribution in [0, 0.1) is 0 Å². The van der Waals surface area contributed by atoms with Crippen LogP contribution in [0.5, 0.6) is 0 Å². The van der Waals surface area contributed by atoms with E-state index in [9.17, 15) is 9.36 Å². The van der Waals surface area contributed by atoms with E-state index in [2.05, 4.69) is 0 Å². The van der Waals surface area contributed by atoms with Crippen LogP contribution in [0.2, 0.25) is 0 Å². The Labute approximate surface area is 64.2 Å². The fraction of sp³-hybridized carbons (Fsp3) is 0.800. The first-order valence-electron chi connectivity index (χ1n) is 3.31. The Balaban J connectivity index is 2.37. The van der Waals surface area contributed by atoms with E-state index in [4.69, 9.17) is 9.79 Å². The lowest BCUT2D eigenvalue weighted by molar-refractivity contribution is -0.131. The van der Waals surface area contributed by atoms with Crippen LogP contribution in [-0.4, -0.2) is 39.8 Å². The van der Waals surface area contributed by atoms with E-state index in [1.165, 1.54) is 4.90 Å². The van der Waals surface area contributed by atoms with Gasteiger partial charge < -0.3 is 14.7 Å². The van der Waals surface area contributed by atoms with Crippen LogP contribution in [0.3, 0.4) is 0 Å². The zero-order valence-electron chi connectivity index (χ0n) is 5.93. The molecule has 64 valence electrons. The fourth-order valence-corrected chi connectivity index (χ4v) is 1.39. The lowest BCUT2D eigenvalue weighted by Crippen LogP contribution is -2.43. The summed E-state index contributed by atoms with van der Waals surface area (Å²) in [5.74, 6) is -0.440. The molecule has 0 saturated carbocycles. The summed E-state index contributed by atoms with van der Waals surface area (Å²) in [6, 6.07) is 0. The van der Waals surface area contributed by atoms with E-state index in [0.717, 1.165) is 6.42 Å². The number of hydrogen-bond donors (Lipinski definition) is 2. The molecule has 0 aliphatic carbocycles. The first-order chi connectivity index (χ1) is 4.99. The highest BCUT2D eigenvalue weighted by Gasteiger charge is 2.26. The maximum atomic E-state index is 10.9. The SMILES string of the molecule is O=C(CP(=O)(O)O)N1CCC1. The minimum absolute atomic E-state index is 0.440. The van der Waals surface area contributed by atoms with E-state index in [1.54, 1.807) is 0 Å². The lowest BCUT2D eigenvalue weighted by Gasteiger charge is -2.30. The van der Waals surface area contributed by atoms with Crippen LogP contribution >= 0.6 is 7.60 Å². The van der Waals surface area contributed by atoms with Crippen molar-refractivity contribution in [1.82, 2.24) is 4.90 Å². The van der Waals surface area contributed by atoms with Crippen LogP contribution in [0.25, 0.3) is 0 Å². The van der Waals surface area contributed by atoms with Gasteiger partial charge in [0.25, 0.3) is 0 Å². The predicted octanol–water partition coefficient (Wildman–Crippen LogP) is -0.604. The first-order valence-corrected chi connectivity index (χ1v) is 5.11. The topological polar surface area (TPSA) is 77.8 Å². The third kappa shape index (κ3) is 2.61. The van der Waals surface area contributed by atoms with Crippen molar-refractivity contribution in [1.29, 1.82) is 0 Å². The second-order valence-corrected chi connectivity index (χ2v) is 4.20. The van der Waals surface area contributed by atoms with Gasteiger partial charge in [-0.25, -0.2) is 0 Å². The molecular formula is C5H10NO4P. The zero-order chi connectivity index (χ0) is 8.48. The summed E-state index contributed by atoms with van der Waals surface area (Å²) in [6.07, 6.45) is 0.292. The van der Waals surface area contributed by atoms with Crippen LogP contribution in [-0.2, 0) is 9.36 Å². The molecule has 1 aliphatic heterocycles. The van der Waals surface area contributed by atoms with Gasteiger partial charge >= 0.3 is 7.60 Å². The van der Waals surface area contributed by atoms with Crippen molar-refractivity contribution in [2.24, 2.45) is 0 Å². The fourth-order valence-electron chi connectivity index (χ4n) is 0.842. The molecule has 2 N–H and O–H groups in total. The maximum Gasteiger partial charge on any atom is 0.334 e. The number of carbonyl (C=O) groups excluding carboxylic acids is 1. The molecule has 0 aromatic heterocycles. The largest absolute Gasteiger partial charge is 0.342 e. The molecular weight excluding hydrogens is 169 g/mol. The smallest absolute Gasteiger partial charge is 0.334 e. The Kier molecular flexibility index (Phi) is 2.32. The summed E-state index contributed by atoms with van der Waals surface area (Å²) in [7, 11) is -4.15. The van der Waals surface area contributed by atoms with Crippen molar-refractivity contribution >= 4 is 13.5 Å². The normalized spacial score (nSPS) is 17.8. The van der Waals surface area contributed by atoms with Crippen molar-refractivity contribution in [2.45, 2.75) is 6.42 Å². The van der Waals surface area contributed by atoms with Gasteiger partial charge in [0.05, 0.1) is 0 Å². The highest BCUT2D eigenvalue weighted by Crippen LogP contribution is 2.34. The Bertz CT molecular complexity index is 207. The minimum atomic E-state index is -4.15. The molecule has 0 aromatic rings. The van der Waals surface area contributed by atoms with Crippen LogP contribution in [0.15, 0.2) is 0 Å². The number of hydrogen-bond acceptors (Lipinski definition) is 2. The molecule has 6 heteroatoms. The van der Waals surface area contributed by atoms with E-state index in [0.29, 0.717) is 13.1 Å². The third-order valence-corrected chi connectivity index (χ3v) is 2.23. The van der Waals surface area contributed by atoms with Gasteiger partial charge in [-0.15, -0.1) is 0 Å². The summed E-state index contributed by atoms with van der Waals surface area (Å²) >= 11 is 0. The Morgan fingerprint density at radius 2 is 2.00 bits per heavy atom. The molecule has 0 atom stereocenters. The molecule has 0 radical (unpaired) electrons. The van der Waals surface area contributed by atoms with Gasteiger partial charge in [0.1, 0.15) is 6.16 Å². The van der Waals surface area contributed by atoms with E-state index < -0.39 is 19.7 Å². The van der Waals surface area contributed by atoms with Crippen LogP contribution in [0.4, 0.5) is 0 Å². The summed E-state index contributed by atoms with van der Waals surface area (Å²) < 4.78 is 10.3. The lowest BCUT2D eigenvalue weighted by atomic mass is 10.2. The zero-order valence-corrected chi connectivity index (χ0v) is 6.83. The standard InChI is InChI=1S/C5H10NO4P/c7-5(4-11(8,9)10)6-2-1-3-6/h1-4H2,(H2,8,9,10). The Hall–Kier alpha value is -0.380. The van der Waals surface area contributed by atoms with Crippen LogP contribution in [0.1, 0.15) is 6.42 Å². The number of amides is 1. The molecule has 11 heavy (non-hydrogen) atoms. The maximum absolute atomic E-state index is 10.9. The van der Waals surface area contributed by atoms with Gasteiger partial charge in [-0.05, 0) is 6.42 Å². The molecule has 0 unspecified atom stereocenters. The van der Waals surface area contributed by atoms with E-state index >= 15 is 0 Å². The van der Waals surface area contributed by atoms with Crippen molar-refractivity contribution < 1.29 is 19.1 Å². The van der Waals surface area contributed by atoms with Gasteiger partial charge in [-0.1, -0.05) is 0 Å². The molecule has 0 spiro atoms. The molecule has 5 nitrogen and oxygen atoms in total. The second kappa shape index (κ2) is 2.93. The third-order valence-electron chi connectivity index (χ3n) is 1.55.